The molecule has 1 rings (SSSR count). The molecule has 1 aromatic heterocycles. The fraction of sp³-hybridized carbons (Fsp3) is 0.400. The molecule has 9 heteroatoms. The topological polar surface area (TPSA) is 126 Å². The van der Waals surface area contributed by atoms with Gasteiger partial charge in [-0.25, -0.2) is 13.1 Å². The van der Waals surface area contributed by atoms with Crippen molar-refractivity contribution in [2.24, 2.45) is 0 Å². The molecule has 1 heterocycles. The zero-order chi connectivity index (χ0) is 14.8. The highest BCUT2D eigenvalue weighted by Crippen LogP contribution is 2.18. The Hall–Kier alpha value is -1.87. The van der Waals surface area contributed by atoms with Crippen LogP contribution in [0.25, 0.3) is 0 Å². The molecule has 19 heavy (non-hydrogen) atoms. The first kappa shape index (κ1) is 15.2. The molecule has 1 atom stereocenters. The van der Waals surface area contributed by atoms with Gasteiger partial charge in [-0.1, -0.05) is 0 Å². The Balaban J connectivity index is 3.03. The molecule has 106 valence electrons. The standard InChI is InChI=1S/C10H14N2O6S/c1-5(10(14)15)12-9(13)7-4-8(18-6(7)2)19(16,17)11-3/h4-5,11H,1-3H3,(H,12,13)(H,14,15). The molecule has 0 fully saturated rings. The molecule has 0 aliphatic carbocycles. The Kier molecular flexibility index (Phi) is 4.32. The van der Waals surface area contributed by atoms with Crippen LogP contribution in [-0.4, -0.2) is 38.5 Å². The van der Waals surface area contributed by atoms with Crippen molar-refractivity contribution in [3.63, 3.8) is 0 Å². The zero-order valence-electron chi connectivity index (χ0n) is 10.6. The minimum absolute atomic E-state index is 0.0260. The van der Waals surface area contributed by atoms with Gasteiger partial charge in [-0.3, -0.25) is 9.59 Å². The summed E-state index contributed by atoms with van der Waals surface area (Å²) in [6, 6.07) is -0.0448. The summed E-state index contributed by atoms with van der Waals surface area (Å²) in [6.45, 7) is 2.70. The second-order valence-electron chi connectivity index (χ2n) is 3.78. The van der Waals surface area contributed by atoms with E-state index in [2.05, 4.69) is 5.32 Å². The molecule has 1 amide bonds. The molecule has 8 nitrogen and oxygen atoms in total. The average molecular weight is 290 g/mol. The maximum Gasteiger partial charge on any atom is 0.325 e. The molecule has 0 aromatic carbocycles. The smallest absolute Gasteiger partial charge is 0.325 e. The van der Waals surface area contributed by atoms with Crippen molar-refractivity contribution >= 4 is 21.9 Å². The van der Waals surface area contributed by atoms with E-state index in [9.17, 15) is 18.0 Å². The maximum atomic E-state index is 11.8. The normalized spacial score (nSPS) is 13.0. The molecule has 0 aliphatic rings. The molecule has 0 saturated carbocycles. The first-order valence-corrected chi connectivity index (χ1v) is 6.75. The molecular weight excluding hydrogens is 276 g/mol. The van der Waals surface area contributed by atoms with Crippen LogP contribution in [0.5, 0.6) is 0 Å². The monoisotopic (exact) mass is 290 g/mol. The molecule has 3 N–H and O–H groups in total. The summed E-state index contributed by atoms with van der Waals surface area (Å²) < 4.78 is 30.0. The molecule has 1 unspecified atom stereocenters. The van der Waals surface area contributed by atoms with Gasteiger partial charge in [0.05, 0.1) is 5.56 Å². The maximum absolute atomic E-state index is 11.8. The average Bonchev–Trinajstić information content (AvgIpc) is 2.71. The Morgan fingerprint density at radius 3 is 2.47 bits per heavy atom. The number of carbonyl (C=O) groups excluding carboxylic acids is 1. The van der Waals surface area contributed by atoms with Crippen LogP contribution in [-0.2, 0) is 14.8 Å². The summed E-state index contributed by atoms with van der Waals surface area (Å²) in [5, 5.41) is 10.5. The Labute approximate surface area is 109 Å². The van der Waals surface area contributed by atoms with Crippen LogP contribution >= 0.6 is 0 Å². The van der Waals surface area contributed by atoms with Gasteiger partial charge in [0.15, 0.2) is 0 Å². The lowest BCUT2D eigenvalue weighted by Crippen LogP contribution is -2.38. The van der Waals surface area contributed by atoms with E-state index in [1.807, 2.05) is 4.72 Å². The number of sulfonamides is 1. The number of hydrogen-bond acceptors (Lipinski definition) is 5. The predicted molar refractivity (Wildman–Crippen MR) is 64.3 cm³/mol. The van der Waals surface area contributed by atoms with E-state index in [0.717, 1.165) is 6.07 Å². The van der Waals surface area contributed by atoms with Crippen LogP contribution in [0.1, 0.15) is 23.0 Å². The summed E-state index contributed by atoms with van der Waals surface area (Å²) in [6.07, 6.45) is 0. The number of aliphatic carboxylic acids is 1. The summed E-state index contributed by atoms with van der Waals surface area (Å²) in [7, 11) is -2.58. The largest absolute Gasteiger partial charge is 0.480 e. The summed E-state index contributed by atoms with van der Waals surface area (Å²) in [5.74, 6) is -1.82. The molecule has 0 saturated heterocycles. The van der Waals surface area contributed by atoms with Gasteiger partial charge in [-0.15, -0.1) is 0 Å². The zero-order valence-corrected chi connectivity index (χ0v) is 11.4. The highest BCUT2D eigenvalue weighted by molar-refractivity contribution is 7.89. The van der Waals surface area contributed by atoms with E-state index >= 15 is 0 Å². The van der Waals surface area contributed by atoms with Crippen molar-refractivity contribution in [2.45, 2.75) is 25.0 Å². The van der Waals surface area contributed by atoms with Crippen LogP contribution in [0.3, 0.4) is 0 Å². The van der Waals surface area contributed by atoms with Gasteiger partial charge in [0.2, 0.25) is 5.09 Å². The van der Waals surface area contributed by atoms with Gasteiger partial charge in [0.1, 0.15) is 11.8 Å². The van der Waals surface area contributed by atoms with Crippen LogP contribution < -0.4 is 10.0 Å². The summed E-state index contributed by atoms with van der Waals surface area (Å²) in [4.78, 5) is 22.4. The number of rotatable bonds is 5. The Morgan fingerprint density at radius 1 is 1.42 bits per heavy atom. The number of nitrogens with one attached hydrogen (secondary N) is 2. The fourth-order valence-electron chi connectivity index (χ4n) is 1.25. The first-order chi connectivity index (χ1) is 8.69. The van der Waals surface area contributed by atoms with Crippen LogP contribution in [0.15, 0.2) is 15.6 Å². The second kappa shape index (κ2) is 5.41. The Morgan fingerprint density at radius 2 is 2.00 bits per heavy atom. The quantitative estimate of drug-likeness (QED) is 0.683. The second-order valence-corrected chi connectivity index (χ2v) is 5.59. The minimum Gasteiger partial charge on any atom is -0.480 e. The lowest BCUT2D eigenvalue weighted by molar-refractivity contribution is -0.138. The number of aryl methyl sites for hydroxylation is 1. The van der Waals surface area contributed by atoms with Crippen LogP contribution in [0, 0.1) is 6.92 Å². The van der Waals surface area contributed by atoms with E-state index in [-0.39, 0.29) is 11.3 Å². The van der Waals surface area contributed by atoms with Crippen molar-refractivity contribution in [2.75, 3.05) is 7.05 Å². The van der Waals surface area contributed by atoms with E-state index in [4.69, 9.17) is 9.52 Å². The van der Waals surface area contributed by atoms with Gasteiger partial charge in [-0.05, 0) is 20.9 Å². The van der Waals surface area contributed by atoms with Gasteiger partial charge in [-0.2, -0.15) is 0 Å². The molecule has 0 aliphatic heterocycles. The van der Waals surface area contributed by atoms with E-state index in [1.165, 1.54) is 20.9 Å². The van der Waals surface area contributed by atoms with E-state index in [1.54, 1.807) is 0 Å². The van der Waals surface area contributed by atoms with Crippen LogP contribution in [0.2, 0.25) is 0 Å². The van der Waals surface area contributed by atoms with E-state index in [0.29, 0.717) is 0 Å². The molecule has 1 aromatic rings. The molecule has 0 bridgehead atoms. The number of carboxylic acids is 1. The lowest BCUT2D eigenvalue weighted by Gasteiger charge is -2.07. The molecule has 0 radical (unpaired) electrons. The number of furan rings is 1. The van der Waals surface area contributed by atoms with Crippen LogP contribution in [0.4, 0.5) is 0 Å². The third-order valence-electron chi connectivity index (χ3n) is 2.39. The highest BCUT2D eigenvalue weighted by atomic mass is 32.2. The molecular formula is C10H14N2O6S. The Bertz CT molecular complexity index is 604. The minimum atomic E-state index is -3.79. The third-order valence-corrected chi connectivity index (χ3v) is 3.66. The van der Waals surface area contributed by atoms with Crippen molar-refractivity contribution in [1.29, 1.82) is 0 Å². The predicted octanol–water partition coefficient (Wildman–Crippen LogP) is -0.301. The highest BCUT2D eigenvalue weighted by Gasteiger charge is 2.24. The van der Waals surface area contributed by atoms with Gasteiger partial charge >= 0.3 is 5.97 Å². The fourth-order valence-corrected chi connectivity index (χ4v) is 1.96. The number of hydrogen-bond donors (Lipinski definition) is 3. The number of carbonyl (C=O) groups is 2. The van der Waals surface area contributed by atoms with Crippen molar-refractivity contribution in [3.05, 3.63) is 17.4 Å². The van der Waals surface area contributed by atoms with Crippen molar-refractivity contribution < 1.29 is 27.5 Å². The van der Waals surface area contributed by atoms with E-state index < -0.39 is 33.0 Å². The summed E-state index contributed by atoms with van der Waals surface area (Å²) >= 11 is 0. The van der Waals surface area contributed by atoms with Crippen molar-refractivity contribution in [3.8, 4) is 0 Å². The van der Waals surface area contributed by atoms with Gasteiger partial charge in [0, 0.05) is 6.07 Å². The number of amides is 1. The first-order valence-electron chi connectivity index (χ1n) is 5.26. The lowest BCUT2D eigenvalue weighted by atomic mass is 10.2. The SMILES string of the molecule is CNS(=O)(=O)c1cc(C(=O)NC(C)C(=O)O)c(C)o1. The van der Waals surface area contributed by atoms with Gasteiger partial charge < -0.3 is 14.8 Å². The van der Waals surface area contributed by atoms with Gasteiger partial charge in [0.25, 0.3) is 15.9 Å². The third kappa shape index (κ3) is 3.32. The molecule has 0 spiro atoms. The summed E-state index contributed by atoms with van der Waals surface area (Å²) in [5.41, 5.74) is -0.0260. The van der Waals surface area contributed by atoms with Crippen molar-refractivity contribution in [1.82, 2.24) is 10.0 Å². The number of carboxylic acid groups (broad SMARTS) is 1.